The molecule has 2 rings (SSSR count). The standard InChI is InChI=1S/C12H12Cl2N4O/c1-18(12-16-10(13)15-11(14)17-12)7-8-5-3-4-6-9(8)19-2/h3-6H,7H2,1-2H3. The van der Waals surface area contributed by atoms with Gasteiger partial charge in [0.15, 0.2) is 0 Å². The molecule has 2 aromatic rings. The van der Waals surface area contributed by atoms with Crippen molar-refractivity contribution in [3.8, 4) is 5.75 Å². The van der Waals surface area contributed by atoms with Crippen molar-refractivity contribution in [3.63, 3.8) is 0 Å². The summed E-state index contributed by atoms with van der Waals surface area (Å²) >= 11 is 11.5. The summed E-state index contributed by atoms with van der Waals surface area (Å²) in [6, 6.07) is 7.73. The molecule has 0 saturated carbocycles. The molecule has 0 N–H and O–H groups in total. The van der Waals surface area contributed by atoms with E-state index in [-0.39, 0.29) is 10.6 Å². The summed E-state index contributed by atoms with van der Waals surface area (Å²) < 4.78 is 5.30. The largest absolute Gasteiger partial charge is 0.496 e. The Morgan fingerprint density at radius 3 is 2.37 bits per heavy atom. The number of halogens is 2. The van der Waals surface area contributed by atoms with E-state index in [1.807, 2.05) is 36.2 Å². The van der Waals surface area contributed by atoms with E-state index in [1.54, 1.807) is 7.11 Å². The van der Waals surface area contributed by atoms with Crippen molar-refractivity contribution in [3.05, 3.63) is 40.4 Å². The number of anilines is 1. The molecule has 5 nitrogen and oxygen atoms in total. The van der Waals surface area contributed by atoms with Gasteiger partial charge in [-0.25, -0.2) is 0 Å². The average Bonchev–Trinajstić information content (AvgIpc) is 2.38. The number of hydrogen-bond donors (Lipinski definition) is 0. The van der Waals surface area contributed by atoms with Crippen molar-refractivity contribution in [2.45, 2.75) is 6.54 Å². The van der Waals surface area contributed by atoms with Crippen LogP contribution in [0.5, 0.6) is 5.75 Å². The Bertz CT molecular complexity index is 559. The van der Waals surface area contributed by atoms with Crippen molar-refractivity contribution in [1.82, 2.24) is 15.0 Å². The Morgan fingerprint density at radius 2 is 1.74 bits per heavy atom. The Labute approximate surface area is 121 Å². The van der Waals surface area contributed by atoms with Crippen LogP contribution in [0.3, 0.4) is 0 Å². The molecular formula is C12H12Cl2N4O. The molecule has 0 radical (unpaired) electrons. The van der Waals surface area contributed by atoms with E-state index in [0.29, 0.717) is 12.5 Å². The van der Waals surface area contributed by atoms with Crippen LogP contribution in [0.2, 0.25) is 10.6 Å². The summed E-state index contributed by atoms with van der Waals surface area (Å²) in [6.45, 7) is 0.570. The maximum atomic E-state index is 5.76. The molecule has 0 aliphatic carbocycles. The molecule has 0 amide bonds. The first-order chi connectivity index (χ1) is 9.10. The summed E-state index contributed by atoms with van der Waals surface area (Å²) in [7, 11) is 3.48. The van der Waals surface area contributed by atoms with Gasteiger partial charge >= 0.3 is 0 Å². The smallest absolute Gasteiger partial charge is 0.231 e. The molecule has 0 atom stereocenters. The van der Waals surface area contributed by atoms with Crippen LogP contribution < -0.4 is 9.64 Å². The first-order valence-electron chi connectivity index (χ1n) is 5.50. The van der Waals surface area contributed by atoms with E-state index in [0.717, 1.165) is 11.3 Å². The van der Waals surface area contributed by atoms with Crippen molar-refractivity contribution in [1.29, 1.82) is 0 Å². The van der Waals surface area contributed by atoms with Gasteiger partial charge in [-0.05, 0) is 29.3 Å². The highest BCUT2D eigenvalue weighted by Crippen LogP contribution is 2.21. The van der Waals surface area contributed by atoms with Crippen molar-refractivity contribution < 1.29 is 4.74 Å². The van der Waals surface area contributed by atoms with E-state index in [9.17, 15) is 0 Å². The summed E-state index contributed by atoms with van der Waals surface area (Å²) in [5.41, 5.74) is 1.01. The Morgan fingerprint density at radius 1 is 1.11 bits per heavy atom. The second-order valence-electron chi connectivity index (χ2n) is 3.84. The summed E-state index contributed by atoms with van der Waals surface area (Å²) in [5, 5.41) is 0.142. The van der Waals surface area contributed by atoms with Crippen LogP contribution in [0.25, 0.3) is 0 Å². The second kappa shape index (κ2) is 6.04. The first kappa shape index (κ1) is 13.8. The lowest BCUT2D eigenvalue weighted by atomic mass is 10.2. The zero-order valence-corrected chi connectivity index (χ0v) is 12.0. The molecule has 0 unspecified atom stereocenters. The molecule has 0 saturated heterocycles. The lowest BCUT2D eigenvalue weighted by Gasteiger charge is -2.18. The number of para-hydroxylation sites is 1. The number of nitrogens with zero attached hydrogens (tertiary/aromatic N) is 4. The number of methoxy groups -OCH3 is 1. The highest BCUT2D eigenvalue weighted by Gasteiger charge is 2.11. The van der Waals surface area contributed by atoms with Crippen molar-refractivity contribution in [2.24, 2.45) is 0 Å². The fraction of sp³-hybridized carbons (Fsp3) is 0.250. The van der Waals surface area contributed by atoms with Gasteiger partial charge in [0.05, 0.1) is 7.11 Å². The number of aromatic nitrogens is 3. The maximum Gasteiger partial charge on any atom is 0.231 e. The van der Waals surface area contributed by atoms with Crippen LogP contribution in [0.4, 0.5) is 5.95 Å². The predicted molar refractivity (Wildman–Crippen MR) is 74.9 cm³/mol. The topological polar surface area (TPSA) is 51.1 Å². The summed E-state index contributed by atoms with van der Waals surface area (Å²) in [4.78, 5) is 13.6. The highest BCUT2D eigenvalue weighted by atomic mass is 35.5. The molecule has 1 aromatic carbocycles. The highest BCUT2D eigenvalue weighted by molar-refractivity contribution is 6.31. The lowest BCUT2D eigenvalue weighted by Crippen LogP contribution is -2.20. The SMILES string of the molecule is COc1ccccc1CN(C)c1nc(Cl)nc(Cl)n1. The van der Waals surface area contributed by atoms with Crippen molar-refractivity contribution >= 4 is 29.2 Å². The maximum absolute atomic E-state index is 5.76. The van der Waals surface area contributed by atoms with Crippen LogP contribution in [0.15, 0.2) is 24.3 Å². The molecule has 1 aromatic heterocycles. The number of hydrogen-bond acceptors (Lipinski definition) is 5. The molecule has 0 bridgehead atoms. The molecule has 19 heavy (non-hydrogen) atoms. The first-order valence-corrected chi connectivity index (χ1v) is 6.26. The van der Waals surface area contributed by atoms with Gasteiger partial charge in [-0.1, -0.05) is 18.2 Å². The van der Waals surface area contributed by atoms with Gasteiger partial charge < -0.3 is 9.64 Å². The van der Waals surface area contributed by atoms with Crippen LogP contribution in [-0.4, -0.2) is 29.1 Å². The van der Waals surface area contributed by atoms with Gasteiger partial charge in [-0.15, -0.1) is 0 Å². The third-order valence-electron chi connectivity index (χ3n) is 2.51. The van der Waals surface area contributed by atoms with Crippen LogP contribution in [-0.2, 0) is 6.54 Å². The van der Waals surface area contributed by atoms with E-state index in [2.05, 4.69) is 15.0 Å². The molecular weight excluding hydrogens is 287 g/mol. The van der Waals surface area contributed by atoms with Gasteiger partial charge in [0.2, 0.25) is 16.5 Å². The van der Waals surface area contributed by atoms with Gasteiger partial charge in [-0.2, -0.15) is 15.0 Å². The molecule has 0 aliphatic heterocycles. The molecule has 1 heterocycles. The van der Waals surface area contributed by atoms with Gasteiger partial charge in [-0.3, -0.25) is 0 Å². The Hall–Kier alpha value is -1.59. The molecule has 100 valence electrons. The normalized spacial score (nSPS) is 10.3. The fourth-order valence-electron chi connectivity index (χ4n) is 1.65. The van der Waals surface area contributed by atoms with Crippen LogP contribution in [0.1, 0.15) is 5.56 Å². The van der Waals surface area contributed by atoms with Crippen LogP contribution >= 0.6 is 23.2 Å². The fourth-order valence-corrected chi connectivity index (χ4v) is 2.00. The number of ether oxygens (including phenoxy) is 1. The monoisotopic (exact) mass is 298 g/mol. The third-order valence-corrected chi connectivity index (χ3v) is 2.85. The predicted octanol–water partition coefficient (Wildman–Crippen LogP) is 2.82. The second-order valence-corrected chi connectivity index (χ2v) is 4.52. The molecule has 7 heteroatoms. The minimum absolute atomic E-state index is 0.0712. The van der Waals surface area contributed by atoms with E-state index in [1.165, 1.54) is 0 Å². The van der Waals surface area contributed by atoms with E-state index < -0.39 is 0 Å². The lowest BCUT2D eigenvalue weighted by molar-refractivity contribution is 0.409. The molecule has 0 spiro atoms. The Balaban J connectivity index is 2.22. The summed E-state index contributed by atoms with van der Waals surface area (Å²) in [5.74, 6) is 1.22. The minimum Gasteiger partial charge on any atom is -0.496 e. The molecule has 0 aliphatic rings. The third kappa shape index (κ3) is 3.45. The zero-order chi connectivity index (χ0) is 13.8. The number of benzene rings is 1. The van der Waals surface area contributed by atoms with Gasteiger partial charge in [0.1, 0.15) is 5.75 Å². The quantitative estimate of drug-likeness (QED) is 0.869. The number of rotatable bonds is 4. The Kier molecular flexibility index (Phi) is 4.39. The average molecular weight is 299 g/mol. The van der Waals surface area contributed by atoms with Gasteiger partial charge in [0.25, 0.3) is 0 Å². The zero-order valence-electron chi connectivity index (χ0n) is 10.5. The van der Waals surface area contributed by atoms with Gasteiger partial charge in [0, 0.05) is 19.2 Å². The van der Waals surface area contributed by atoms with Crippen molar-refractivity contribution in [2.75, 3.05) is 19.1 Å². The molecule has 0 fully saturated rings. The van der Waals surface area contributed by atoms with Crippen LogP contribution in [0, 0.1) is 0 Å². The van der Waals surface area contributed by atoms with E-state index in [4.69, 9.17) is 27.9 Å². The summed E-state index contributed by atoms with van der Waals surface area (Å²) in [6.07, 6.45) is 0. The van der Waals surface area contributed by atoms with E-state index >= 15 is 0 Å². The minimum atomic E-state index is 0.0712.